The van der Waals surface area contributed by atoms with Gasteiger partial charge in [-0.05, 0) is 24.6 Å². The first-order valence-corrected chi connectivity index (χ1v) is 6.75. The van der Waals surface area contributed by atoms with Crippen molar-refractivity contribution in [2.75, 3.05) is 18.5 Å². The lowest BCUT2D eigenvalue weighted by Crippen LogP contribution is -2.09. The summed E-state index contributed by atoms with van der Waals surface area (Å²) in [4.78, 5) is 4.20. The summed E-state index contributed by atoms with van der Waals surface area (Å²) in [6, 6.07) is 7.65. The van der Waals surface area contributed by atoms with Crippen LogP contribution in [-0.4, -0.2) is 22.5 Å². The van der Waals surface area contributed by atoms with E-state index in [-0.39, 0.29) is 0 Å². The van der Waals surface area contributed by atoms with Crippen molar-refractivity contribution in [3.05, 3.63) is 40.7 Å². The molecule has 0 aliphatic heterocycles. The van der Waals surface area contributed by atoms with Gasteiger partial charge in [0.1, 0.15) is 5.82 Å². The van der Waals surface area contributed by atoms with Gasteiger partial charge in [0.25, 0.3) is 0 Å². The van der Waals surface area contributed by atoms with Crippen molar-refractivity contribution < 1.29 is 4.74 Å². The molecular weight excluding hydrogens is 270 g/mol. The third kappa shape index (κ3) is 4.25. The first-order chi connectivity index (χ1) is 8.74. The minimum Gasteiger partial charge on any atom is -0.375 e. The van der Waals surface area contributed by atoms with Crippen molar-refractivity contribution in [1.82, 2.24) is 9.36 Å². The highest BCUT2D eigenvalue weighted by Gasteiger charge is 1.98. The van der Waals surface area contributed by atoms with E-state index in [1.165, 1.54) is 11.5 Å². The van der Waals surface area contributed by atoms with E-state index in [1.807, 2.05) is 31.2 Å². The Kier molecular flexibility index (Phi) is 4.92. The van der Waals surface area contributed by atoms with Crippen molar-refractivity contribution in [1.29, 1.82) is 0 Å². The van der Waals surface area contributed by atoms with Crippen LogP contribution in [0.4, 0.5) is 5.13 Å². The summed E-state index contributed by atoms with van der Waals surface area (Å²) in [5.74, 6) is 0.796. The van der Waals surface area contributed by atoms with Gasteiger partial charge in [-0.25, -0.2) is 4.98 Å². The Labute approximate surface area is 115 Å². The number of nitrogens with zero attached hydrogens (tertiary/aromatic N) is 2. The molecule has 4 nitrogen and oxygen atoms in total. The number of anilines is 1. The van der Waals surface area contributed by atoms with Gasteiger partial charge in [-0.2, -0.15) is 4.37 Å². The van der Waals surface area contributed by atoms with E-state index in [0.29, 0.717) is 13.2 Å². The minimum absolute atomic E-state index is 0.591. The zero-order chi connectivity index (χ0) is 12.8. The second-order valence-electron chi connectivity index (χ2n) is 3.75. The molecule has 1 N–H and O–H groups in total. The van der Waals surface area contributed by atoms with E-state index < -0.39 is 0 Å². The van der Waals surface area contributed by atoms with Gasteiger partial charge in [-0.15, -0.1) is 0 Å². The molecule has 0 saturated carbocycles. The number of ether oxygens (including phenoxy) is 1. The number of aromatic nitrogens is 2. The Balaban J connectivity index is 1.63. The summed E-state index contributed by atoms with van der Waals surface area (Å²) in [5.41, 5.74) is 1.12. The summed E-state index contributed by atoms with van der Waals surface area (Å²) in [7, 11) is 0. The second kappa shape index (κ2) is 6.68. The van der Waals surface area contributed by atoms with Crippen LogP contribution in [0.1, 0.15) is 11.4 Å². The maximum atomic E-state index is 5.80. The van der Waals surface area contributed by atoms with Gasteiger partial charge in [-0.1, -0.05) is 23.7 Å². The summed E-state index contributed by atoms with van der Waals surface area (Å²) in [6.07, 6.45) is 0. The smallest absolute Gasteiger partial charge is 0.202 e. The summed E-state index contributed by atoms with van der Waals surface area (Å²) >= 11 is 7.17. The van der Waals surface area contributed by atoms with Crippen LogP contribution in [0.25, 0.3) is 0 Å². The fourth-order valence-electron chi connectivity index (χ4n) is 1.37. The number of halogens is 1. The van der Waals surface area contributed by atoms with Crippen LogP contribution in [0.3, 0.4) is 0 Å². The molecule has 0 atom stereocenters. The quantitative estimate of drug-likeness (QED) is 0.828. The molecule has 2 rings (SSSR count). The van der Waals surface area contributed by atoms with E-state index in [1.54, 1.807) is 0 Å². The van der Waals surface area contributed by atoms with Crippen molar-refractivity contribution in [3.63, 3.8) is 0 Å². The molecule has 96 valence electrons. The fourth-order valence-corrected chi connectivity index (χ4v) is 2.09. The van der Waals surface area contributed by atoms with Gasteiger partial charge in [0.05, 0.1) is 13.2 Å². The predicted octanol–water partition coefficient (Wildman–Crippen LogP) is 3.13. The Morgan fingerprint density at radius 3 is 2.78 bits per heavy atom. The largest absolute Gasteiger partial charge is 0.375 e. The van der Waals surface area contributed by atoms with Gasteiger partial charge < -0.3 is 10.1 Å². The third-order valence-corrected chi connectivity index (χ3v) is 3.25. The molecule has 0 fully saturated rings. The first kappa shape index (κ1) is 13.3. The van der Waals surface area contributed by atoms with E-state index >= 15 is 0 Å². The molecule has 0 saturated heterocycles. The molecule has 1 heterocycles. The van der Waals surface area contributed by atoms with Crippen molar-refractivity contribution in [3.8, 4) is 0 Å². The average molecular weight is 284 g/mol. The predicted molar refractivity (Wildman–Crippen MR) is 74.2 cm³/mol. The van der Waals surface area contributed by atoms with Crippen LogP contribution < -0.4 is 5.32 Å². The third-order valence-electron chi connectivity index (χ3n) is 2.23. The Bertz CT molecular complexity index is 486. The van der Waals surface area contributed by atoms with Crippen molar-refractivity contribution >= 4 is 28.3 Å². The van der Waals surface area contributed by atoms with E-state index in [2.05, 4.69) is 14.7 Å². The number of nitrogens with one attached hydrogen (secondary N) is 1. The van der Waals surface area contributed by atoms with Gasteiger partial charge in [0, 0.05) is 23.1 Å². The van der Waals surface area contributed by atoms with Crippen molar-refractivity contribution in [2.24, 2.45) is 0 Å². The maximum Gasteiger partial charge on any atom is 0.202 e. The molecule has 1 aromatic carbocycles. The molecule has 0 amide bonds. The molecule has 6 heteroatoms. The molecule has 0 radical (unpaired) electrons. The average Bonchev–Trinajstić information content (AvgIpc) is 2.77. The molecule has 2 aromatic rings. The number of hydrogen-bond acceptors (Lipinski definition) is 5. The lowest BCUT2D eigenvalue weighted by molar-refractivity contribution is 0.130. The molecule has 0 aliphatic rings. The second-order valence-corrected chi connectivity index (χ2v) is 4.94. The van der Waals surface area contributed by atoms with Gasteiger partial charge in [0.2, 0.25) is 5.13 Å². The van der Waals surface area contributed by atoms with Gasteiger partial charge >= 0.3 is 0 Å². The maximum absolute atomic E-state index is 5.80. The first-order valence-electron chi connectivity index (χ1n) is 5.60. The van der Waals surface area contributed by atoms with E-state index in [4.69, 9.17) is 16.3 Å². The Morgan fingerprint density at radius 1 is 1.33 bits per heavy atom. The van der Waals surface area contributed by atoms with Crippen LogP contribution in [0.5, 0.6) is 0 Å². The Hall–Kier alpha value is -1.17. The highest BCUT2D eigenvalue weighted by atomic mass is 35.5. The molecular formula is C12H14ClN3OS. The Morgan fingerprint density at radius 2 is 2.11 bits per heavy atom. The van der Waals surface area contributed by atoms with Gasteiger partial charge in [0.15, 0.2) is 0 Å². The molecule has 0 spiro atoms. The number of hydrogen-bond donors (Lipinski definition) is 1. The molecule has 0 unspecified atom stereocenters. The van der Waals surface area contributed by atoms with Crippen molar-refractivity contribution in [2.45, 2.75) is 13.5 Å². The monoisotopic (exact) mass is 283 g/mol. The lowest BCUT2D eigenvalue weighted by atomic mass is 10.2. The zero-order valence-electron chi connectivity index (χ0n) is 10.0. The van der Waals surface area contributed by atoms with Crippen LogP contribution in [0, 0.1) is 6.92 Å². The molecule has 0 aliphatic carbocycles. The highest BCUT2D eigenvalue weighted by molar-refractivity contribution is 7.09. The topological polar surface area (TPSA) is 47.0 Å². The normalized spacial score (nSPS) is 10.6. The van der Waals surface area contributed by atoms with Gasteiger partial charge in [-0.3, -0.25) is 0 Å². The summed E-state index contributed by atoms with van der Waals surface area (Å²) < 4.78 is 9.63. The minimum atomic E-state index is 0.591. The number of aryl methyl sites for hydroxylation is 1. The van der Waals surface area contributed by atoms with Crippen LogP contribution in [0.2, 0.25) is 5.02 Å². The molecule has 18 heavy (non-hydrogen) atoms. The number of benzene rings is 1. The fraction of sp³-hybridized carbons (Fsp3) is 0.333. The van der Waals surface area contributed by atoms with E-state index in [9.17, 15) is 0 Å². The zero-order valence-corrected chi connectivity index (χ0v) is 11.6. The lowest BCUT2D eigenvalue weighted by Gasteiger charge is -2.05. The SMILES string of the molecule is Cc1nsc(NCCOCc2ccc(Cl)cc2)n1. The summed E-state index contributed by atoms with van der Waals surface area (Å²) in [6.45, 7) is 3.82. The molecule has 1 aromatic heterocycles. The summed E-state index contributed by atoms with van der Waals surface area (Å²) in [5, 5.41) is 4.74. The van der Waals surface area contributed by atoms with E-state index in [0.717, 1.165) is 28.1 Å². The van der Waals surface area contributed by atoms with Crippen LogP contribution in [0.15, 0.2) is 24.3 Å². The number of rotatable bonds is 6. The highest BCUT2D eigenvalue weighted by Crippen LogP contribution is 2.11. The standard InChI is InChI=1S/C12H14ClN3OS/c1-9-15-12(18-16-9)14-6-7-17-8-10-2-4-11(13)5-3-10/h2-5H,6-8H2,1H3,(H,14,15,16). The van der Waals surface area contributed by atoms with Crippen LogP contribution in [-0.2, 0) is 11.3 Å². The van der Waals surface area contributed by atoms with Crippen LogP contribution >= 0.6 is 23.1 Å². The molecule has 0 bridgehead atoms.